The summed E-state index contributed by atoms with van der Waals surface area (Å²) in [5.41, 5.74) is -0.186. The SMILES string of the molecule is O=C(O)c1cc2c(cc1Cl)Oc1ccc(F)cc1CS2(=O)=O. The molecule has 5 nitrogen and oxygen atoms in total. The van der Waals surface area contributed by atoms with Gasteiger partial charge in [-0.25, -0.2) is 17.6 Å². The van der Waals surface area contributed by atoms with Crippen LogP contribution in [0.15, 0.2) is 35.2 Å². The summed E-state index contributed by atoms with van der Waals surface area (Å²) in [7, 11) is -3.90. The van der Waals surface area contributed by atoms with Crippen molar-refractivity contribution in [2.75, 3.05) is 0 Å². The van der Waals surface area contributed by atoms with Crippen molar-refractivity contribution in [2.24, 2.45) is 0 Å². The predicted octanol–water partition coefficient (Wildman–Crippen LogP) is 3.26. The van der Waals surface area contributed by atoms with Gasteiger partial charge in [-0.05, 0) is 24.3 Å². The van der Waals surface area contributed by atoms with Crippen molar-refractivity contribution in [2.45, 2.75) is 10.6 Å². The Labute approximate surface area is 129 Å². The van der Waals surface area contributed by atoms with E-state index in [-0.39, 0.29) is 32.5 Å². The quantitative estimate of drug-likeness (QED) is 0.860. The molecule has 0 aromatic heterocycles. The molecule has 1 heterocycles. The molecule has 0 amide bonds. The Morgan fingerprint density at radius 1 is 1.23 bits per heavy atom. The van der Waals surface area contributed by atoms with Gasteiger partial charge in [0.25, 0.3) is 0 Å². The van der Waals surface area contributed by atoms with Crippen molar-refractivity contribution in [3.05, 3.63) is 52.3 Å². The highest BCUT2D eigenvalue weighted by molar-refractivity contribution is 7.90. The van der Waals surface area contributed by atoms with Crippen molar-refractivity contribution < 1.29 is 27.4 Å². The molecule has 0 bridgehead atoms. The lowest BCUT2D eigenvalue weighted by molar-refractivity contribution is 0.0697. The second-order valence-electron chi connectivity index (χ2n) is 4.70. The van der Waals surface area contributed by atoms with Crippen LogP contribution >= 0.6 is 11.6 Å². The highest BCUT2D eigenvalue weighted by Gasteiger charge is 2.29. The van der Waals surface area contributed by atoms with Crippen LogP contribution in [0, 0.1) is 5.82 Å². The third-order valence-electron chi connectivity index (χ3n) is 3.19. The van der Waals surface area contributed by atoms with Gasteiger partial charge in [0.1, 0.15) is 22.2 Å². The van der Waals surface area contributed by atoms with Crippen LogP contribution in [0.3, 0.4) is 0 Å². The molecule has 0 saturated carbocycles. The average molecular weight is 343 g/mol. The first-order chi connectivity index (χ1) is 10.3. The second kappa shape index (κ2) is 4.96. The van der Waals surface area contributed by atoms with Gasteiger partial charge < -0.3 is 9.84 Å². The van der Waals surface area contributed by atoms with Gasteiger partial charge in [-0.1, -0.05) is 11.6 Å². The molecule has 0 unspecified atom stereocenters. The zero-order valence-corrected chi connectivity index (χ0v) is 12.4. The molecule has 22 heavy (non-hydrogen) atoms. The van der Waals surface area contributed by atoms with Gasteiger partial charge in [0, 0.05) is 11.6 Å². The predicted molar refractivity (Wildman–Crippen MR) is 75.8 cm³/mol. The first-order valence-electron chi connectivity index (χ1n) is 6.04. The van der Waals surface area contributed by atoms with Crippen molar-refractivity contribution >= 4 is 27.4 Å². The number of halogens is 2. The molecule has 1 aliphatic rings. The fraction of sp³-hybridized carbons (Fsp3) is 0.0714. The molecular weight excluding hydrogens is 335 g/mol. The van der Waals surface area contributed by atoms with Crippen molar-refractivity contribution in [1.29, 1.82) is 0 Å². The second-order valence-corrected chi connectivity index (χ2v) is 7.06. The summed E-state index contributed by atoms with van der Waals surface area (Å²) >= 11 is 5.84. The lowest BCUT2D eigenvalue weighted by Gasteiger charge is -2.09. The lowest BCUT2D eigenvalue weighted by Crippen LogP contribution is -2.06. The number of benzene rings is 2. The smallest absolute Gasteiger partial charge is 0.337 e. The molecular formula is C14H8ClFO5S. The first-order valence-corrected chi connectivity index (χ1v) is 8.07. The highest BCUT2D eigenvalue weighted by atomic mass is 35.5. The minimum absolute atomic E-state index is 0.0830. The van der Waals surface area contributed by atoms with E-state index in [4.69, 9.17) is 21.4 Å². The zero-order chi connectivity index (χ0) is 16.1. The van der Waals surface area contributed by atoms with Crippen LogP contribution < -0.4 is 4.74 Å². The molecule has 1 aliphatic heterocycles. The average Bonchev–Trinajstić information content (AvgIpc) is 2.50. The third kappa shape index (κ3) is 2.42. The molecule has 0 aliphatic carbocycles. The van der Waals surface area contributed by atoms with E-state index in [0.717, 1.165) is 24.3 Å². The Bertz CT molecular complexity index is 908. The summed E-state index contributed by atoms with van der Waals surface area (Å²) in [6.07, 6.45) is 0. The molecule has 3 rings (SSSR count). The summed E-state index contributed by atoms with van der Waals surface area (Å²) in [5, 5.41) is 8.90. The van der Waals surface area contributed by atoms with E-state index in [0.29, 0.717) is 0 Å². The molecule has 2 aromatic carbocycles. The number of carboxylic acids is 1. The minimum atomic E-state index is -3.90. The number of fused-ring (bicyclic) bond motifs is 2. The zero-order valence-electron chi connectivity index (χ0n) is 10.8. The van der Waals surface area contributed by atoms with Crippen LogP contribution in [0.2, 0.25) is 5.02 Å². The van der Waals surface area contributed by atoms with Crippen LogP contribution in [0.25, 0.3) is 0 Å². The fourth-order valence-corrected chi connectivity index (χ4v) is 3.91. The van der Waals surface area contributed by atoms with Gasteiger partial charge in [0.15, 0.2) is 9.84 Å². The van der Waals surface area contributed by atoms with Gasteiger partial charge in [-0.3, -0.25) is 0 Å². The van der Waals surface area contributed by atoms with Gasteiger partial charge in [-0.2, -0.15) is 0 Å². The van der Waals surface area contributed by atoms with E-state index in [1.54, 1.807) is 0 Å². The topological polar surface area (TPSA) is 80.7 Å². The highest BCUT2D eigenvalue weighted by Crippen LogP contribution is 2.40. The standard InChI is InChI=1S/C14H8ClFO5S/c15-10-5-12-13(4-9(10)14(17)18)22(19,20)6-7-3-8(16)1-2-11(7)21-12/h1-5H,6H2,(H,17,18). The van der Waals surface area contributed by atoms with E-state index in [2.05, 4.69) is 0 Å². The van der Waals surface area contributed by atoms with Gasteiger partial charge in [-0.15, -0.1) is 0 Å². The van der Waals surface area contributed by atoms with Gasteiger partial charge >= 0.3 is 5.97 Å². The first kappa shape index (κ1) is 14.8. The minimum Gasteiger partial charge on any atom is -0.478 e. The summed E-state index contributed by atoms with van der Waals surface area (Å²) in [5.74, 6) is -2.33. The van der Waals surface area contributed by atoms with Crippen LogP contribution in [0.1, 0.15) is 15.9 Å². The van der Waals surface area contributed by atoms with Crippen molar-refractivity contribution in [1.82, 2.24) is 0 Å². The molecule has 1 N–H and O–H groups in total. The van der Waals surface area contributed by atoms with E-state index in [1.807, 2.05) is 0 Å². The van der Waals surface area contributed by atoms with Crippen LogP contribution in [0.5, 0.6) is 11.5 Å². The summed E-state index contributed by atoms with van der Waals surface area (Å²) in [6.45, 7) is 0. The fourth-order valence-electron chi connectivity index (χ4n) is 2.18. The Morgan fingerprint density at radius 2 is 1.95 bits per heavy atom. The molecule has 8 heteroatoms. The summed E-state index contributed by atoms with van der Waals surface area (Å²) < 4.78 is 43.6. The third-order valence-corrected chi connectivity index (χ3v) is 5.18. The van der Waals surface area contributed by atoms with Crippen molar-refractivity contribution in [3.63, 3.8) is 0 Å². The number of sulfone groups is 1. The Hall–Kier alpha value is -2.12. The summed E-state index contributed by atoms with van der Waals surface area (Å²) in [4.78, 5) is 10.8. The lowest BCUT2D eigenvalue weighted by atomic mass is 10.2. The van der Waals surface area contributed by atoms with E-state index < -0.39 is 27.4 Å². The van der Waals surface area contributed by atoms with Crippen LogP contribution in [-0.4, -0.2) is 19.5 Å². The van der Waals surface area contributed by atoms with E-state index >= 15 is 0 Å². The molecule has 2 aromatic rings. The molecule has 0 saturated heterocycles. The summed E-state index contributed by atoms with van der Waals surface area (Å²) in [6, 6.07) is 5.62. The Kier molecular flexibility index (Phi) is 3.34. The number of rotatable bonds is 1. The molecule has 0 spiro atoms. The Balaban J connectivity index is 2.27. The molecule has 0 atom stereocenters. The van der Waals surface area contributed by atoms with E-state index in [9.17, 15) is 17.6 Å². The number of carboxylic acid groups (broad SMARTS) is 1. The van der Waals surface area contributed by atoms with E-state index in [1.165, 1.54) is 6.07 Å². The maximum Gasteiger partial charge on any atom is 0.337 e. The van der Waals surface area contributed by atoms with Crippen molar-refractivity contribution in [3.8, 4) is 11.5 Å². The number of ether oxygens (including phenoxy) is 1. The monoisotopic (exact) mass is 342 g/mol. The molecule has 114 valence electrons. The van der Waals surface area contributed by atoms with Crippen LogP contribution in [0.4, 0.5) is 4.39 Å². The van der Waals surface area contributed by atoms with Crippen LogP contribution in [-0.2, 0) is 15.6 Å². The number of aromatic carboxylic acids is 1. The van der Waals surface area contributed by atoms with Gasteiger partial charge in [0.05, 0.1) is 16.3 Å². The maximum absolute atomic E-state index is 13.3. The normalized spacial score (nSPS) is 15.2. The van der Waals surface area contributed by atoms with Gasteiger partial charge in [0.2, 0.25) is 0 Å². The molecule has 0 radical (unpaired) electrons. The molecule has 0 fully saturated rings. The number of hydrogen-bond acceptors (Lipinski definition) is 4. The Morgan fingerprint density at radius 3 is 2.64 bits per heavy atom. The largest absolute Gasteiger partial charge is 0.478 e. The number of hydrogen-bond donors (Lipinski definition) is 1. The number of carbonyl (C=O) groups is 1. The maximum atomic E-state index is 13.3.